The van der Waals surface area contributed by atoms with Crippen LogP contribution in [0.15, 0.2) is 0 Å². The lowest BCUT2D eigenvalue weighted by Crippen LogP contribution is -2.34. The minimum absolute atomic E-state index is 0.277. The van der Waals surface area contributed by atoms with Gasteiger partial charge in [-0.15, -0.1) is 11.8 Å². The molecule has 1 saturated heterocycles. The largest absolute Gasteiger partial charge is 0.317 e. The molecule has 0 spiro atoms. The van der Waals surface area contributed by atoms with Crippen LogP contribution in [0.3, 0.4) is 0 Å². The quantitative estimate of drug-likeness (QED) is 0.726. The molecule has 2 unspecified atom stereocenters. The molecule has 0 aliphatic carbocycles. The minimum Gasteiger partial charge on any atom is -0.317 e. The molecule has 1 fully saturated rings. The van der Waals surface area contributed by atoms with Crippen LogP contribution < -0.4 is 5.32 Å². The van der Waals surface area contributed by atoms with Crippen LogP contribution in [0, 0.1) is 17.8 Å². The summed E-state index contributed by atoms with van der Waals surface area (Å²) in [5, 5.41) is 3.21. The van der Waals surface area contributed by atoms with E-state index in [0.717, 1.165) is 19.3 Å². The highest BCUT2D eigenvalue weighted by Gasteiger charge is 2.32. The van der Waals surface area contributed by atoms with Crippen molar-refractivity contribution in [3.05, 3.63) is 0 Å². The molecule has 1 aliphatic heterocycles. The molecule has 0 saturated carbocycles. The molecule has 0 bridgehead atoms. The number of nitrogens with one attached hydrogen (secondary N) is 1. The van der Waals surface area contributed by atoms with Gasteiger partial charge >= 0.3 is 0 Å². The lowest BCUT2D eigenvalue weighted by molar-refractivity contribution is 0.387. The molecule has 1 N–H and O–H groups in total. The zero-order chi connectivity index (χ0) is 11.3. The first-order chi connectivity index (χ1) is 7.09. The average Bonchev–Trinajstić information content (AvgIpc) is 2.54. The van der Waals surface area contributed by atoms with E-state index in [4.69, 9.17) is 0 Å². The maximum atomic E-state index is 11.3. The van der Waals surface area contributed by atoms with Crippen LogP contribution in [0.25, 0.3) is 0 Å². The Labute approximate surface area is 92.6 Å². The number of hydrogen-bond donors (Lipinski definition) is 1. The first-order valence-electron chi connectivity index (χ1n) is 5.36. The van der Waals surface area contributed by atoms with Gasteiger partial charge in [-0.25, -0.2) is 8.42 Å². The van der Waals surface area contributed by atoms with E-state index < -0.39 is 9.84 Å². The van der Waals surface area contributed by atoms with Crippen LogP contribution in [-0.2, 0) is 9.84 Å². The third kappa shape index (κ3) is 3.84. The van der Waals surface area contributed by atoms with Crippen LogP contribution in [0.1, 0.15) is 26.2 Å². The fourth-order valence-corrected chi connectivity index (χ4v) is 3.99. The molecule has 1 heterocycles. The zero-order valence-electron chi connectivity index (χ0n) is 9.41. The van der Waals surface area contributed by atoms with E-state index in [1.807, 2.05) is 14.0 Å². The fraction of sp³-hybridized carbons (Fsp3) is 0.818. The van der Waals surface area contributed by atoms with Crippen LogP contribution in [0.5, 0.6) is 0 Å². The normalized spacial score (nSPS) is 25.6. The standard InChI is InChI=1S/C11H19NO2S/c1-3-4-5-6-11(12-2)10-7-8-15(13,14)9-10/h10-12H,5-9H2,1-2H3. The van der Waals surface area contributed by atoms with Gasteiger partial charge in [-0.3, -0.25) is 0 Å². The molecule has 3 nitrogen and oxygen atoms in total. The van der Waals surface area contributed by atoms with Crippen molar-refractivity contribution >= 4 is 9.84 Å². The molecule has 1 rings (SSSR count). The van der Waals surface area contributed by atoms with Gasteiger partial charge in [0, 0.05) is 12.5 Å². The van der Waals surface area contributed by atoms with Gasteiger partial charge in [-0.1, -0.05) is 0 Å². The molecular formula is C11H19NO2S. The van der Waals surface area contributed by atoms with E-state index in [1.165, 1.54) is 0 Å². The molecule has 4 heteroatoms. The molecule has 15 heavy (non-hydrogen) atoms. The van der Waals surface area contributed by atoms with E-state index in [2.05, 4.69) is 17.2 Å². The van der Waals surface area contributed by atoms with Crippen molar-refractivity contribution in [2.24, 2.45) is 5.92 Å². The van der Waals surface area contributed by atoms with Crippen molar-refractivity contribution < 1.29 is 8.42 Å². The fourth-order valence-electron chi connectivity index (χ4n) is 2.11. The number of rotatable bonds is 4. The van der Waals surface area contributed by atoms with Crippen LogP contribution >= 0.6 is 0 Å². The molecule has 2 atom stereocenters. The first-order valence-corrected chi connectivity index (χ1v) is 7.18. The molecule has 0 radical (unpaired) electrons. The predicted octanol–water partition coefficient (Wildman–Crippen LogP) is 0.813. The van der Waals surface area contributed by atoms with Crippen LogP contribution in [-0.4, -0.2) is 33.0 Å². The van der Waals surface area contributed by atoms with Gasteiger partial charge in [0.05, 0.1) is 11.5 Å². The Morgan fingerprint density at radius 3 is 2.73 bits per heavy atom. The molecule has 1 aliphatic rings. The van der Waals surface area contributed by atoms with Gasteiger partial charge in [0.2, 0.25) is 0 Å². The lowest BCUT2D eigenvalue weighted by Gasteiger charge is -2.20. The summed E-state index contributed by atoms with van der Waals surface area (Å²) in [4.78, 5) is 0. The Bertz CT molecular complexity index is 351. The third-order valence-corrected chi connectivity index (χ3v) is 4.76. The van der Waals surface area contributed by atoms with Crippen molar-refractivity contribution in [1.82, 2.24) is 5.32 Å². The Morgan fingerprint density at radius 1 is 1.53 bits per heavy atom. The Kier molecular flexibility index (Phi) is 4.62. The van der Waals surface area contributed by atoms with Gasteiger partial charge in [0.25, 0.3) is 0 Å². The van der Waals surface area contributed by atoms with E-state index in [1.54, 1.807) is 0 Å². The van der Waals surface area contributed by atoms with Gasteiger partial charge in [-0.05, 0) is 32.7 Å². The van der Waals surface area contributed by atoms with Crippen molar-refractivity contribution in [2.45, 2.75) is 32.2 Å². The SMILES string of the molecule is CC#CCCC(NC)C1CCS(=O)(=O)C1. The maximum Gasteiger partial charge on any atom is 0.150 e. The second kappa shape index (κ2) is 5.53. The monoisotopic (exact) mass is 229 g/mol. The second-order valence-electron chi connectivity index (χ2n) is 4.02. The lowest BCUT2D eigenvalue weighted by atomic mass is 9.95. The highest BCUT2D eigenvalue weighted by molar-refractivity contribution is 7.91. The molecule has 0 aromatic carbocycles. The van der Waals surface area contributed by atoms with Crippen LogP contribution in [0.4, 0.5) is 0 Å². The summed E-state index contributed by atoms with van der Waals surface area (Å²) in [5.74, 6) is 6.85. The summed E-state index contributed by atoms with van der Waals surface area (Å²) in [5.41, 5.74) is 0. The van der Waals surface area contributed by atoms with Gasteiger partial charge < -0.3 is 5.32 Å². The summed E-state index contributed by atoms with van der Waals surface area (Å²) in [6, 6.07) is 0.295. The van der Waals surface area contributed by atoms with Crippen LogP contribution in [0.2, 0.25) is 0 Å². The summed E-state index contributed by atoms with van der Waals surface area (Å²) >= 11 is 0. The smallest absolute Gasteiger partial charge is 0.150 e. The van der Waals surface area contributed by atoms with Crippen molar-refractivity contribution in [1.29, 1.82) is 0 Å². The topological polar surface area (TPSA) is 46.2 Å². The second-order valence-corrected chi connectivity index (χ2v) is 6.25. The van der Waals surface area contributed by atoms with Gasteiger partial charge in [0.1, 0.15) is 0 Å². The average molecular weight is 229 g/mol. The Morgan fingerprint density at radius 2 is 2.27 bits per heavy atom. The number of sulfone groups is 1. The predicted molar refractivity (Wildman–Crippen MR) is 62.3 cm³/mol. The van der Waals surface area contributed by atoms with Crippen molar-refractivity contribution in [2.75, 3.05) is 18.6 Å². The third-order valence-electron chi connectivity index (χ3n) is 2.96. The van der Waals surface area contributed by atoms with Gasteiger partial charge in [0.15, 0.2) is 9.84 Å². The van der Waals surface area contributed by atoms with Crippen molar-refractivity contribution in [3.63, 3.8) is 0 Å². The highest BCUT2D eigenvalue weighted by atomic mass is 32.2. The van der Waals surface area contributed by atoms with Gasteiger partial charge in [-0.2, -0.15) is 0 Å². The maximum absolute atomic E-state index is 11.3. The molecular weight excluding hydrogens is 210 g/mol. The van der Waals surface area contributed by atoms with E-state index >= 15 is 0 Å². The van der Waals surface area contributed by atoms with E-state index in [9.17, 15) is 8.42 Å². The zero-order valence-corrected chi connectivity index (χ0v) is 10.2. The molecule has 0 aromatic rings. The summed E-state index contributed by atoms with van der Waals surface area (Å²) in [6.07, 6.45) is 2.59. The van der Waals surface area contributed by atoms with Crippen molar-refractivity contribution in [3.8, 4) is 11.8 Å². The molecule has 0 amide bonds. The highest BCUT2D eigenvalue weighted by Crippen LogP contribution is 2.23. The Hall–Kier alpha value is -0.530. The summed E-state index contributed by atoms with van der Waals surface area (Å²) in [7, 11) is -0.859. The minimum atomic E-state index is -2.76. The first kappa shape index (κ1) is 12.5. The number of hydrogen-bond acceptors (Lipinski definition) is 3. The molecule has 86 valence electrons. The molecule has 0 aromatic heterocycles. The Balaban J connectivity index is 2.48. The summed E-state index contributed by atoms with van der Waals surface area (Å²) < 4.78 is 22.7. The van der Waals surface area contributed by atoms with E-state index in [-0.39, 0.29) is 5.92 Å². The summed E-state index contributed by atoms with van der Waals surface area (Å²) in [6.45, 7) is 1.83. The van der Waals surface area contributed by atoms with E-state index in [0.29, 0.717) is 17.5 Å².